The molecule has 1 aromatic carbocycles. The van der Waals surface area contributed by atoms with Gasteiger partial charge in [-0.15, -0.1) is 0 Å². The molecule has 0 saturated heterocycles. The molecule has 4 heteroatoms. The second kappa shape index (κ2) is 5.57. The van der Waals surface area contributed by atoms with Crippen LogP contribution in [0.5, 0.6) is 0 Å². The van der Waals surface area contributed by atoms with E-state index in [-0.39, 0.29) is 5.41 Å². The van der Waals surface area contributed by atoms with E-state index in [1.165, 1.54) is 0 Å². The fraction of sp³-hybridized carbons (Fsp3) is 0.385. The lowest BCUT2D eigenvalue weighted by Crippen LogP contribution is -2.14. The van der Waals surface area contributed by atoms with Crippen LogP contribution in [-0.2, 0) is 0 Å². The van der Waals surface area contributed by atoms with Crippen LogP contribution in [0.1, 0.15) is 25.8 Å². The minimum absolute atomic E-state index is 0.355. The number of hydrogen-bond donors (Lipinski definition) is 1. The Morgan fingerprint density at radius 3 is 2.65 bits per heavy atom. The van der Waals surface area contributed by atoms with Gasteiger partial charge in [0.25, 0.3) is 0 Å². The quantitative estimate of drug-likeness (QED) is 0.885. The summed E-state index contributed by atoms with van der Waals surface area (Å²) in [6.07, 6.45) is 0.719. The lowest BCUT2D eigenvalue weighted by molar-refractivity contribution is 0.466. The summed E-state index contributed by atoms with van der Waals surface area (Å²) in [7, 11) is 0. The number of halogens is 1. The van der Waals surface area contributed by atoms with Crippen LogP contribution >= 0.6 is 11.6 Å². The predicted octanol–water partition coefficient (Wildman–Crippen LogP) is 3.56. The third kappa shape index (κ3) is 3.98. The first-order valence-corrected chi connectivity index (χ1v) is 5.71. The minimum atomic E-state index is -0.355. The average molecular weight is 248 g/mol. The maximum absolute atomic E-state index is 8.88. The van der Waals surface area contributed by atoms with E-state index in [4.69, 9.17) is 22.1 Å². The summed E-state index contributed by atoms with van der Waals surface area (Å²) in [5.41, 5.74) is 0.947. The van der Waals surface area contributed by atoms with Gasteiger partial charge in [-0.25, -0.2) is 0 Å². The van der Waals surface area contributed by atoms with Crippen molar-refractivity contribution in [3.8, 4) is 12.1 Å². The fourth-order valence-corrected chi connectivity index (χ4v) is 1.48. The molecule has 88 valence electrons. The highest BCUT2D eigenvalue weighted by atomic mass is 35.5. The lowest BCUT2D eigenvalue weighted by atomic mass is 9.91. The first-order valence-electron chi connectivity index (χ1n) is 5.33. The fourth-order valence-electron chi connectivity index (χ4n) is 1.30. The summed E-state index contributed by atoms with van der Waals surface area (Å²) in [4.78, 5) is 0. The highest BCUT2D eigenvalue weighted by Crippen LogP contribution is 2.24. The van der Waals surface area contributed by atoms with Gasteiger partial charge in [0, 0.05) is 6.54 Å². The van der Waals surface area contributed by atoms with E-state index >= 15 is 0 Å². The molecule has 1 aromatic rings. The van der Waals surface area contributed by atoms with Gasteiger partial charge in [0.05, 0.1) is 33.8 Å². The molecule has 1 N–H and O–H groups in total. The van der Waals surface area contributed by atoms with Crippen LogP contribution in [0.2, 0.25) is 5.02 Å². The zero-order chi connectivity index (χ0) is 12.9. The smallest absolute Gasteiger partial charge is 0.0992 e. The normalized spacial score (nSPS) is 10.4. The molecule has 3 nitrogen and oxygen atoms in total. The summed E-state index contributed by atoms with van der Waals surface area (Å²) in [5, 5.41) is 21.4. The summed E-state index contributed by atoms with van der Waals surface area (Å²) in [5.74, 6) is 0. The number of nitrogens with one attached hydrogen (secondary N) is 1. The van der Waals surface area contributed by atoms with Crippen molar-refractivity contribution in [3.63, 3.8) is 0 Å². The SMILES string of the molecule is CC(C)(C#N)CCNc1cc(C#N)ccc1Cl. The number of nitriles is 2. The molecule has 0 aromatic heterocycles. The van der Waals surface area contributed by atoms with Crippen molar-refractivity contribution in [2.24, 2.45) is 5.41 Å². The Labute approximate surface area is 107 Å². The van der Waals surface area contributed by atoms with Gasteiger partial charge in [-0.3, -0.25) is 0 Å². The molecule has 0 bridgehead atoms. The van der Waals surface area contributed by atoms with Gasteiger partial charge in [-0.05, 0) is 38.5 Å². The highest BCUT2D eigenvalue weighted by molar-refractivity contribution is 6.33. The van der Waals surface area contributed by atoms with Crippen LogP contribution < -0.4 is 5.32 Å². The second-order valence-corrected chi connectivity index (χ2v) is 4.89. The third-order valence-corrected chi connectivity index (χ3v) is 2.79. The van der Waals surface area contributed by atoms with Crippen molar-refractivity contribution in [3.05, 3.63) is 28.8 Å². The van der Waals surface area contributed by atoms with Crippen LogP contribution in [-0.4, -0.2) is 6.54 Å². The van der Waals surface area contributed by atoms with E-state index < -0.39 is 0 Å². The molecule has 0 aliphatic carbocycles. The van der Waals surface area contributed by atoms with Crippen LogP contribution in [0.15, 0.2) is 18.2 Å². The Hall–Kier alpha value is -1.71. The summed E-state index contributed by atoms with van der Waals surface area (Å²) in [6, 6.07) is 9.38. The third-order valence-electron chi connectivity index (χ3n) is 2.46. The largest absolute Gasteiger partial charge is 0.384 e. The monoisotopic (exact) mass is 247 g/mol. The van der Waals surface area contributed by atoms with Crippen molar-refractivity contribution < 1.29 is 0 Å². The van der Waals surface area contributed by atoms with E-state index in [0.29, 0.717) is 17.1 Å². The molecule has 0 radical (unpaired) electrons. The summed E-state index contributed by atoms with van der Waals surface area (Å²) >= 11 is 6.00. The lowest BCUT2D eigenvalue weighted by Gasteiger charge is -2.16. The van der Waals surface area contributed by atoms with Crippen LogP contribution in [0, 0.1) is 28.1 Å². The predicted molar refractivity (Wildman–Crippen MR) is 68.7 cm³/mol. The standard InChI is InChI=1S/C13H14ClN3/c1-13(2,9-16)5-6-17-12-7-10(8-15)3-4-11(12)14/h3-4,7,17H,5-6H2,1-2H3. The van der Waals surface area contributed by atoms with E-state index in [0.717, 1.165) is 12.1 Å². The summed E-state index contributed by atoms with van der Waals surface area (Å²) in [6.45, 7) is 4.43. The van der Waals surface area contributed by atoms with Gasteiger partial charge in [0.1, 0.15) is 0 Å². The molecule has 17 heavy (non-hydrogen) atoms. The molecule has 0 spiro atoms. The van der Waals surface area contributed by atoms with Crippen molar-refractivity contribution in [1.29, 1.82) is 10.5 Å². The topological polar surface area (TPSA) is 59.6 Å². The van der Waals surface area contributed by atoms with E-state index in [1.54, 1.807) is 18.2 Å². The Kier molecular flexibility index (Phi) is 4.37. The molecule has 0 unspecified atom stereocenters. The van der Waals surface area contributed by atoms with Crippen molar-refractivity contribution >= 4 is 17.3 Å². The second-order valence-electron chi connectivity index (χ2n) is 4.48. The zero-order valence-electron chi connectivity index (χ0n) is 9.92. The first-order chi connectivity index (χ1) is 7.98. The first kappa shape index (κ1) is 13.4. The minimum Gasteiger partial charge on any atom is -0.384 e. The van der Waals surface area contributed by atoms with E-state index in [2.05, 4.69) is 17.5 Å². The van der Waals surface area contributed by atoms with Gasteiger partial charge in [0.2, 0.25) is 0 Å². The van der Waals surface area contributed by atoms with Gasteiger partial charge in [0.15, 0.2) is 0 Å². The van der Waals surface area contributed by atoms with Crippen LogP contribution in [0.25, 0.3) is 0 Å². The highest BCUT2D eigenvalue weighted by Gasteiger charge is 2.15. The number of anilines is 1. The zero-order valence-corrected chi connectivity index (χ0v) is 10.7. The summed E-state index contributed by atoms with van der Waals surface area (Å²) < 4.78 is 0. The average Bonchev–Trinajstić information content (AvgIpc) is 2.31. The molecule has 0 fully saturated rings. The van der Waals surface area contributed by atoms with Crippen LogP contribution in [0.4, 0.5) is 5.69 Å². The maximum Gasteiger partial charge on any atom is 0.0992 e. The molecule has 1 rings (SSSR count). The van der Waals surface area contributed by atoms with Gasteiger partial charge in [-0.2, -0.15) is 10.5 Å². The Bertz CT molecular complexity index is 480. The van der Waals surface area contributed by atoms with Crippen molar-refractivity contribution in [2.75, 3.05) is 11.9 Å². The number of hydrogen-bond acceptors (Lipinski definition) is 3. The van der Waals surface area contributed by atoms with Crippen LogP contribution in [0.3, 0.4) is 0 Å². The number of benzene rings is 1. The molecule has 0 amide bonds. The number of rotatable bonds is 4. The Morgan fingerprint density at radius 2 is 2.06 bits per heavy atom. The molecular formula is C13H14ClN3. The molecule has 0 aliphatic heterocycles. The van der Waals surface area contributed by atoms with Crippen molar-refractivity contribution in [2.45, 2.75) is 20.3 Å². The maximum atomic E-state index is 8.88. The van der Waals surface area contributed by atoms with Gasteiger partial charge >= 0.3 is 0 Å². The Morgan fingerprint density at radius 1 is 1.35 bits per heavy atom. The molecule has 0 aliphatic rings. The van der Waals surface area contributed by atoms with Crippen molar-refractivity contribution in [1.82, 2.24) is 0 Å². The van der Waals surface area contributed by atoms with E-state index in [1.807, 2.05) is 13.8 Å². The van der Waals surface area contributed by atoms with E-state index in [9.17, 15) is 0 Å². The molecule has 0 atom stereocenters. The Balaban J connectivity index is 2.65. The molecular weight excluding hydrogens is 234 g/mol. The van der Waals surface area contributed by atoms with Gasteiger partial charge in [-0.1, -0.05) is 11.6 Å². The number of nitrogens with zero attached hydrogens (tertiary/aromatic N) is 2. The molecule has 0 saturated carbocycles. The van der Waals surface area contributed by atoms with Gasteiger partial charge < -0.3 is 5.32 Å². The molecule has 0 heterocycles.